The number of hydrogen-bond acceptors (Lipinski definition) is 3. The summed E-state index contributed by atoms with van der Waals surface area (Å²) >= 11 is 0. The number of benzene rings is 1. The molecule has 0 radical (unpaired) electrons. The lowest BCUT2D eigenvalue weighted by Crippen LogP contribution is -2.42. The fourth-order valence-electron chi connectivity index (χ4n) is 1.78. The lowest BCUT2D eigenvalue weighted by molar-refractivity contribution is 0.125. The second-order valence-electron chi connectivity index (χ2n) is 5.27. The molecule has 1 aromatic carbocycles. The van der Waals surface area contributed by atoms with Crippen LogP contribution in [0, 0.1) is 5.41 Å². The Morgan fingerprint density at radius 2 is 1.89 bits per heavy atom. The second-order valence-corrected chi connectivity index (χ2v) is 5.27. The lowest BCUT2D eigenvalue weighted by atomic mass is 9.88. The van der Waals surface area contributed by atoms with Gasteiger partial charge in [-0.2, -0.15) is 0 Å². The van der Waals surface area contributed by atoms with E-state index in [9.17, 15) is 10.2 Å². The van der Waals surface area contributed by atoms with E-state index in [0.29, 0.717) is 0 Å². The summed E-state index contributed by atoms with van der Waals surface area (Å²) in [7, 11) is 0. The van der Waals surface area contributed by atoms with E-state index >= 15 is 0 Å². The molecule has 0 amide bonds. The molecule has 2 atom stereocenters. The Balaban J connectivity index is 2.48. The number of aliphatic hydroxyl groups excluding tert-OH is 2. The molecule has 3 heteroatoms. The van der Waals surface area contributed by atoms with Crippen LogP contribution in [-0.2, 0) is 6.42 Å². The van der Waals surface area contributed by atoms with Crippen molar-refractivity contribution in [1.82, 2.24) is 5.32 Å². The van der Waals surface area contributed by atoms with Crippen molar-refractivity contribution < 1.29 is 10.2 Å². The summed E-state index contributed by atoms with van der Waals surface area (Å²) in [5, 5.41) is 22.1. The van der Waals surface area contributed by atoms with Crippen molar-refractivity contribution >= 4 is 0 Å². The van der Waals surface area contributed by atoms with Gasteiger partial charge in [0.25, 0.3) is 0 Å². The van der Waals surface area contributed by atoms with Crippen LogP contribution in [0.3, 0.4) is 0 Å². The monoisotopic (exact) mass is 251 g/mol. The van der Waals surface area contributed by atoms with E-state index < -0.39 is 0 Å². The van der Waals surface area contributed by atoms with Gasteiger partial charge in [-0.25, -0.2) is 0 Å². The zero-order valence-corrected chi connectivity index (χ0v) is 11.4. The summed E-state index contributed by atoms with van der Waals surface area (Å²) in [5.74, 6) is 0. The van der Waals surface area contributed by atoms with E-state index in [1.165, 1.54) is 5.56 Å². The SMILES string of the molecule is CCC(C)(CO)CN[C@H](CO)Cc1ccccc1. The van der Waals surface area contributed by atoms with Crippen molar-refractivity contribution in [3.05, 3.63) is 35.9 Å². The third-order valence-electron chi connectivity index (χ3n) is 3.60. The molecule has 102 valence electrons. The van der Waals surface area contributed by atoms with Gasteiger partial charge in [0.15, 0.2) is 0 Å². The summed E-state index contributed by atoms with van der Waals surface area (Å²) in [5.41, 5.74) is 1.11. The first-order valence-corrected chi connectivity index (χ1v) is 6.62. The largest absolute Gasteiger partial charge is 0.396 e. The smallest absolute Gasteiger partial charge is 0.0587 e. The fourth-order valence-corrected chi connectivity index (χ4v) is 1.78. The van der Waals surface area contributed by atoms with Gasteiger partial charge in [0.2, 0.25) is 0 Å². The predicted molar refractivity (Wildman–Crippen MR) is 74.5 cm³/mol. The molecular weight excluding hydrogens is 226 g/mol. The molecule has 1 unspecified atom stereocenters. The van der Waals surface area contributed by atoms with Crippen molar-refractivity contribution in [3.8, 4) is 0 Å². The van der Waals surface area contributed by atoms with E-state index in [1.807, 2.05) is 18.2 Å². The van der Waals surface area contributed by atoms with Crippen molar-refractivity contribution in [2.45, 2.75) is 32.7 Å². The molecule has 0 saturated carbocycles. The van der Waals surface area contributed by atoms with E-state index in [4.69, 9.17) is 0 Å². The van der Waals surface area contributed by atoms with E-state index in [0.717, 1.165) is 19.4 Å². The minimum Gasteiger partial charge on any atom is -0.396 e. The quantitative estimate of drug-likeness (QED) is 0.657. The first kappa shape index (κ1) is 15.2. The Morgan fingerprint density at radius 1 is 1.22 bits per heavy atom. The van der Waals surface area contributed by atoms with Crippen LogP contribution in [0.15, 0.2) is 30.3 Å². The Kier molecular flexibility index (Phi) is 6.33. The van der Waals surface area contributed by atoms with E-state index in [1.54, 1.807) is 0 Å². The molecule has 3 nitrogen and oxygen atoms in total. The first-order valence-electron chi connectivity index (χ1n) is 6.62. The van der Waals surface area contributed by atoms with Crippen molar-refractivity contribution in [2.75, 3.05) is 19.8 Å². The van der Waals surface area contributed by atoms with Crippen LogP contribution in [-0.4, -0.2) is 36.0 Å². The summed E-state index contributed by atoms with van der Waals surface area (Å²) in [6, 6.07) is 10.2. The standard InChI is InChI=1S/C15H25NO2/c1-3-15(2,12-18)11-16-14(10-17)9-13-7-5-4-6-8-13/h4-8,14,16-18H,3,9-12H2,1-2H3/t14-,15?/m0/s1. The van der Waals surface area contributed by atoms with Crippen molar-refractivity contribution in [1.29, 1.82) is 0 Å². The van der Waals surface area contributed by atoms with Gasteiger partial charge in [-0.15, -0.1) is 0 Å². The van der Waals surface area contributed by atoms with Gasteiger partial charge in [-0.3, -0.25) is 0 Å². The zero-order chi connectivity index (χ0) is 13.4. The molecule has 0 saturated heterocycles. The van der Waals surface area contributed by atoms with Gasteiger partial charge in [0.05, 0.1) is 6.61 Å². The average molecular weight is 251 g/mol. The summed E-state index contributed by atoms with van der Waals surface area (Å²) < 4.78 is 0. The van der Waals surface area contributed by atoms with Gasteiger partial charge in [0, 0.05) is 24.6 Å². The number of nitrogens with one attached hydrogen (secondary N) is 1. The van der Waals surface area contributed by atoms with Gasteiger partial charge in [0.1, 0.15) is 0 Å². The van der Waals surface area contributed by atoms with E-state index in [2.05, 4.69) is 31.3 Å². The molecule has 0 fully saturated rings. The molecule has 18 heavy (non-hydrogen) atoms. The highest BCUT2D eigenvalue weighted by Gasteiger charge is 2.22. The third-order valence-corrected chi connectivity index (χ3v) is 3.60. The Labute approximate surface area is 110 Å². The van der Waals surface area contributed by atoms with Gasteiger partial charge >= 0.3 is 0 Å². The molecule has 0 heterocycles. The molecule has 0 aliphatic carbocycles. The zero-order valence-electron chi connectivity index (χ0n) is 11.4. The number of aliphatic hydroxyl groups is 2. The van der Waals surface area contributed by atoms with Crippen molar-refractivity contribution in [2.24, 2.45) is 5.41 Å². The summed E-state index contributed by atoms with van der Waals surface area (Å²) in [6.07, 6.45) is 1.72. The molecule has 0 aliphatic rings. The highest BCUT2D eigenvalue weighted by Crippen LogP contribution is 2.18. The fraction of sp³-hybridized carbons (Fsp3) is 0.600. The molecule has 0 spiro atoms. The molecule has 1 rings (SSSR count). The van der Waals surface area contributed by atoms with Gasteiger partial charge in [-0.1, -0.05) is 44.2 Å². The maximum Gasteiger partial charge on any atom is 0.0587 e. The topological polar surface area (TPSA) is 52.5 Å². The Bertz CT molecular complexity index is 323. The van der Waals surface area contributed by atoms with Crippen LogP contribution in [0.2, 0.25) is 0 Å². The minimum atomic E-state index is -0.107. The van der Waals surface area contributed by atoms with Gasteiger partial charge < -0.3 is 15.5 Å². The summed E-state index contributed by atoms with van der Waals surface area (Å²) in [6.45, 7) is 5.12. The number of rotatable bonds is 8. The average Bonchev–Trinajstić information content (AvgIpc) is 2.44. The van der Waals surface area contributed by atoms with Gasteiger partial charge in [-0.05, 0) is 18.4 Å². The lowest BCUT2D eigenvalue weighted by Gasteiger charge is -2.28. The molecule has 1 aromatic rings. The normalized spacial score (nSPS) is 16.2. The molecule has 0 aliphatic heterocycles. The van der Waals surface area contributed by atoms with E-state index in [-0.39, 0.29) is 24.7 Å². The first-order chi connectivity index (χ1) is 8.63. The predicted octanol–water partition coefficient (Wildman–Crippen LogP) is 1.59. The van der Waals surface area contributed by atoms with Crippen LogP contribution in [0.25, 0.3) is 0 Å². The molecule has 0 aromatic heterocycles. The maximum atomic E-state index is 9.40. The third kappa shape index (κ3) is 4.77. The number of hydrogen-bond donors (Lipinski definition) is 3. The highest BCUT2D eigenvalue weighted by molar-refractivity contribution is 5.15. The van der Waals surface area contributed by atoms with Crippen LogP contribution in [0.4, 0.5) is 0 Å². The summed E-state index contributed by atoms with van der Waals surface area (Å²) in [4.78, 5) is 0. The molecule has 3 N–H and O–H groups in total. The molecule has 0 bridgehead atoms. The van der Waals surface area contributed by atoms with Crippen LogP contribution in [0.1, 0.15) is 25.8 Å². The maximum absolute atomic E-state index is 9.40. The Hall–Kier alpha value is -0.900. The van der Waals surface area contributed by atoms with Crippen LogP contribution in [0.5, 0.6) is 0 Å². The van der Waals surface area contributed by atoms with Crippen LogP contribution >= 0.6 is 0 Å². The van der Waals surface area contributed by atoms with Crippen LogP contribution < -0.4 is 5.32 Å². The minimum absolute atomic E-state index is 0.0461. The van der Waals surface area contributed by atoms with Crippen molar-refractivity contribution in [3.63, 3.8) is 0 Å². The molecular formula is C15H25NO2. The second kappa shape index (κ2) is 7.52. The Morgan fingerprint density at radius 3 is 2.39 bits per heavy atom. The highest BCUT2D eigenvalue weighted by atomic mass is 16.3.